The van der Waals surface area contributed by atoms with Gasteiger partial charge in [0.25, 0.3) is 15.9 Å². The van der Waals surface area contributed by atoms with Crippen molar-refractivity contribution < 1.29 is 13.2 Å². The number of sulfonamides is 1. The molecule has 0 saturated heterocycles. The van der Waals surface area contributed by atoms with Crippen molar-refractivity contribution in [2.24, 2.45) is 0 Å². The quantitative estimate of drug-likeness (QED) is 0.457. The highest BCUT2D eigenvalue weighted by molar-refractivity contribution is 7.92. The highest BCUT2D eigenvalue weighted by atomic mass is 35.5. The van der Waals surface area contributed by atoms with Crippen LogP contribution in [0.3, 0.4) is 0 Å². The molecule has 1 amide bonds. The molecule has 0 saturated carbocycles. The first-order valence-corrected chi connectivity index (χ1v) is 12.3. The summed E-state index contributed by atoms with van der Waals surface area (Å²) in [4.78, 5) is 12.7. The van der Waals surface area contributed by atoms with Gasteiger partial charge >= 0.3 is 0 Å². The third-order valence-corrected chi connectivity index (χ3v) is 7.34. The van der Waals surface area contributed by atoms with Gasteiger partial charge in [-0.05, 0) is 79.8 Å². The minimum Gasteiger partial charge on any atom is -0.346 e. The topological polar surface area (TPSA) is 75.3 Å². The van der Waals surface area contributed by atoms with Gasteiger partial charge in [-0.25, -0.2) is 8.42 Å². The predicted molar refractivity (Wildman–Crippen MR) is 130 cm³/mol. The van der Waals surface area contributed by atoms with Gasteiger partial charge in [-0.1, -0.05) is 48.9 Å². The Hall–Kier alpha value is -2.83. The normalized spacial score (nSPS) is 12.3. The summed E-state index contributed by atoms with van der Waals surface area (Å²) in [6.45, 7) is 7.82. The van der Waals surface area contributed by atoms with Crippen LogP contribution in [0, 0.1) is 13.8 Å². The average molecular weight is 471 g/mol. The molecule has 2 N–H and O–H groups in total. The number of aryl methyl sites for hydroxylation is 3. The molecule has 3 rings (SSSR count). The van der Waals surface area contributed by atoms with E-state index in [0.29, 0.717) is 5.69 Å². The van der Waals surface area contributed by atoms with Crippen molar-refractivity contribution in [2.45, 2.75) is 45.1 Å². The van der Waals surface area contributed by atoms with Crippen molar-refractivity contribution in [3.05, 3.63) is 93.5 Å². The van der Waals surface area contributed by atoms with Crippen LogP contribution in [0.25, 0.3) is 0 Å². The molecule has 0 aliphatic heterocycles. The molecule has 7 heteroatoms. The van der Waals surface area contributed by atoms with Crippen LogP contribution in [0.1, 0.15) is 52.5 Å². The highest BCUT2D eigenvalue weighted by Gasteiger charge is 2.21. The Kier molecular flexibility index (Phi) is 7.26. The second-order valence-electron chi connectivity index (χ2n) is 7.84. The molecule has 0 radical (unpaired) electrons. The van der Waals surface area contributed by atoms with Gasteiger partial charge in [0.1, 0.15) is 4.90 Å². The Morgan fingerprint density at radius 2 is 1.66 bits per heavy atom. The van der Waals surface area contributed by atoms with Crippen molar-refractivity contribution in [2.75, 3.05) is 4.72 Å². The number of hydrogen-bond donors (Lipinski definition) is 2. The Labute approximate surface area is 194 Å². The molecule has 3 aromatic carbocycles. The van der Waals surface area contributed by atoms with Gasteiger partial charge in [0.15, 0.2) is 0 Å². The van der Waals surface area contributed by atoms with Crippen LogP contribution in [0.2, 0.25) is 5.02 Å². The molecule has 0 fully saturated rings. The van der Waals surface area contributed by atoms with Crippen molar-refractivity contribution in [3.8, 4) is 0 Å². The van der Waals surface area contributed by atoms with Gasteiger partial charge < -0.3 is 5.32 Å². The highest BCUT2D eigenvalue weighted by Crippen LogP contribution is 2.26. The second-order valence-corrected chi connectivity index (χ2v) is 9.90. The van der Waals surface area contributed by atoms with Crippen molar-refractivity contribution >= 4 is 33.2 Å². The van der Waals surface area contributed by atoms with E-state index in [9.17, 15) is 13.2 Å². The fourth-order valence-electron chi connectivity index (χ4n) is 3.27. The lowest BCUT2D eigenvalue weighted by molar-refractivity contribution is 0.0939. The minimum atomic E-state index is -3.98. The molecule has 0 aliphatic carbocycles. The molecule has 0 bridgehead atoms. The van der Waals surface area contributed by atoms with Gasteiger partial charge in [-0.15, -0.1) is 0 Å². The Balaban J connectivity index is 1.81. The van der Waals surface area contributed by atoms with E-state index in [1.807, 2.05) is 51.1 Å². The van der Waals surface area contributed by atoms with Gasteiger partial charge in [0.05, 0.1) is 11.1 Å². The first-order chi connectivity index (χ1) is 15.1. The molecule has 0 heterocycles. The van der Waals surface area contributed by atoms with E-state index in [1.54, 1.807) is 12.1 Å². The summed E-state index contributed by atoms with van der Waals surface area (Å²) in [5.41, 5.74) is 4.86. The summed E-state index contributed by atoms with van der Waals surface area (Å²) in [7, 11) is -3.98. The molecule has 0 aliphatic rings. The fraction of sp³-hybridized carbons (Fsp3) is 0.240. The number of amides is 1. The molecule has 0 spiro atoms. The summed E-state index contributed by atoms with van der Waals surface area (Å²) < 4.78 is 28.5. The number of carbonyl (C=O) groups is 1. The first-order valence-electron chi connectivity index (χ1n) is 10.4. The summed E-state index contributed by atoms with van der Waals surface area (Å²) in [6.07, 6.45) is 0.944. The monoisotopic (exact) mass is 470 g/mol. The molecule has 5 nitrogen and oxygen atoms in total. The van der Waals surface area contributed by atoms with Gasteiger partial charge in [0.2, 0.25) is 0 Å². The van der Waals surface area contributed by atoms with Crippen molar-refractivity contribution in [3.63, 3.8) is 0 Å². The minimum absolute atomic E-state index is 0.0427. The molecular weight excluding hydrogens is 444 g/mol. The molecule has 1 atom stereocenters. The number of nitrogens with one attached hydrogen (secondary N) is 2. The summed E-state index contributed by atoms with van der Waals surface area (Å²) in [6, 6.07) is 17.3. The van der Waals surface area contributed by atoms with Crippen LogP contribution < -0.4 is 10.0 Å². The van der Waals surface area contributed by atoms with Gasteiger partial charge in [-0.2, -0.15) is 0 Å². The van der Waals surface area contributed by atoms with Crippen LogP contribution >= 0.6 is 11.6 Å². The fourth-order valence-corrected chi connectivity index (χ4v) is 4.85. The van der Waals surface area contributed by atoms with Crippen LogP contribution in [0.5, 0.6) is 0 Å². The standard InChI is InChI=1S/C25H27ClN2O3S/c1-5-19-7-9-20(10-8-19)18(4)27-25(29)21-11-13-23(26)24(15-21)32(30,31)28-22-12-6-16(2)17(3)14-22/h6-15,18,28H,5H2,1-4H3,(H,27,29)/t18-/m0/s1. The van der Waals surface area contributed by atoms with E-state index in [4.69, 9.17) is 11.6 Å². The van der Waals surface area contributed by atoms with Crippen molar-refractivity contribution in [1.29, 1.82) is 0 Å². The number of halogens is 1. The van der Waals surface area contributed by atoms with Crippen LogP contribution in [-0.2, 0) is 16.4 Å². The van der Waals surface area contributed by atoms with Crippen molar-refractivity contribution in [1.82, 2.24) is 5.32 Å². The maximum absolute atomic E-state index is 13.0. The SMILES string of the molecule is CCc1ccc([C@H](C)NC(=O)c2ccc(Cl)c(S(=O)(=O)Nc3ccc(C)c(C)c3)c2)cc1. The Morgan fingerprint density at radius 3 is 2.28 bits per heavy atom. The number of rotatable bonds is 7. The lowest BCUT2D eigenvalue weighted by Gasteiger charge is -2.16. The molecule has 0 unspecified atom stereocenters. The van der Waals surface area contributed by atoms with Crippen LogP contribution in [0.4, 0.5) is 5.69 Å². The van der Waals surface area contributed by atoms with Crippen LogP contribution in [-0.4, -0.2) is 14.3 Å². The van der Waals surface area contributed by atoms with Gasteiger partial charge in [0, 0.05) is 11.3 Å². The summed E-state index contributed by atoms with van der Waals surface area (Å²) in [5.74, 6) is -0.378. The number of carbonyl (C=O) groups excluding carboxylic acids is 1. The number of hydrogen-bond acceptors (Lipinski definition) is 3. The number of benzene rings is 3. The number of anilines is 1. The first kappa shape index (κ1) is 23.8. The summed E-state index contributed by atoms with van der Waals surface area (Å²) in [5, 5.41) is 2.96. The zero-order valence-electron chi connectivity index (χ0n) is 18.6. The maximum Gasteiger partial charge on any atom is 0.263 e. The summed E-state index contributed by atoms with van der Waals surface area (Å²) >= 11 is 6.19. The zero-order valence-corrected chi connectivity index (χ0v) is 20.1. The van der Waals surface area contributed by atoms with E-state index in [0.717, 1.165) is 23.1 Å². The largest absolute Gasteiger partial charge is 0.346 e. The zero-order chi connectivity index (χ0) is 23.5. The second kappa shape index (κ2) is 9.76. The Morgan fingerprint density at radius 1 is 0.969 bits per heavy atom. The van der Waals surface area contributed by atoms with E-state index in [1.165, 1.54) is 23.8 Å². The van der Waals surface area contributed by atoms with Gasteiger partial charge in [-0.3, -0.25) is 9.52 Å². The smallest absolute Gasteiger partial charge is 0.263 e. The van der Waals surface area contributed by atoms with E-state index in [2.05, 4.69) is 17.0 Å². The molecular formula is C25H27ClN2O3S. The molecule has 0 aromatic heterocycles. The lowest BCUT2D eigenvalue weighted by atomic mass is 10.0. The average Bonchev–Trinajstić information content (AvgIpc) is 2.76. The van der Waals surface area contributed by atoms with Crippen LogP contribution in [0.15, 0.2) is 65.6 Å². The predicted octanol–water partition coefficient (Wildman–Crippen LogP) is 5.81. The lowest BCUT2D eigenvalue weighted by Crippen LogP contribution is -2.27. The molecule has 32 heavy (non-hydrogen) atoms. The maximum atomic E-state index is 13.0. The van der Waals surface area contributed by atoms with E-state index >= 15 is 0 Å². The molecule has 168 valence electrons. The van der Waals surface area contributed by atoms with E-state index < -0.39 is 10.0 Å². The third kappa shape index (κ3) is 5.50. The third-order valence-electron chi connectivity index (χ3n) is 5.48. The Bertz CT molecular complexity index is 1240. The van der Waals surface area contributed by atoms with E-state index in [-0.39, 0.29) is 27.4 Å². The molecule has 3 aromatic rings.